The molecule has 0 aliphatic carbocycles. The number of hydrogen-bond acceptors (Lipinski definition) is 4. The number of piperidine rings is 1. The van der Waals surface area contributed by atoms with Crippen molar-refractivity contribution < 1.29 is 14.3 Å². The molecule has 0 radical (unpaired) electrons. The van der Waals surface area contributed by atoms with Gasteiger partial charge in [-0.2, -0.15) is 0 Å². The Morgan fingerprint density at radius 3 is 2.67 bits per heavy atom. The van der Waals surface area contributed by atoms with Gasteiger partial charge in [-0.05, 0) is 43.2 Å². The van der Waals surface area contributed by atoms with Crippen LogP contribution >= 0.6 is 11.6 Å². The molecule has 0 bridgehead atoms. The maximum absolute atomic E-state index is 12.6. The third-order valence-corrected chi connectivity index (χ3v) is 5.91. The summed E-state index contributed by atoms with van der Waals surface area (Å²) >= 11 is 6.00. The number of carbonyl (C=O) groups is 2. The third-order valence-electron chi connectivity index (χ3n) is 5.67. The number of carbonyl (C=O) groups excluding carboxylic acids is 2. The summed E-state index contributed by atoms with van der Waals surface area (Å²) < 4.78 is 5.24. The second-order valence-electron chi connectivity index (χ2n) is 7.56. The van der Waals surface area contributed by atoms with E-state index in [1.165, 1.54) is 7.11 Å². The van der Waals surface area contributed by atoms with Crippen LogP contribution in [0.5, 0.6) is 5.75 Å². The van der Waals surface area contributed by atoms with Gasteiger partial charge in [0.25, 0.3) is 0 Å². The molecule has 4 rings (SSSR count). The Morgan fingerprint density at radius 2 is 1.93 bits per heavy atom. The maximum Gasteiger partial charge on any atom is 0.223 e. The van der Waals surface area contributed by atoms with Crippen LogP contribution in [0, 0.1) is 0 Å². The first kappa shape index (κ1) is 20.4. The zero-order valence-electron chi connectivity index (χ0n) is 16.9. The van der Waals surface area contributed by atoms with Crippen LogP contribution in [-0.4, -0.2) is 46.8 Å². The Morgan fingerprint density at radius 1 is 1.17 bits per heavy atom. The highest BCUT2D eigenvalue weighted by molar-refractivity contribution is 6.31. The van der Waals surface area contributed by atoms with Crippen molar-refractivity contribution in [3.63, 3.8) is 0 Å². The van der Waals surface area contributed by atoms with Gasteiger partial charge in [0, 0.05) is 36.9 Å². The Kier molecular flexibility index (Phi) is 6.04. The van der Waals surface area contributed by atoms with Crippen LogP contribution in [0.25, 0.3) is 11.0 Å². The van der Waals surface area contributed by atoms with E-state index in [0.29, 0.717) is 35.3 Å². The summed E-state index contributed by atoms with van der Waals surface area (Å²) in [6.45, 7) is 1.35. The number of benzene rings is 2. The fourth-order valence-electron chi connectivity index (χ4n) is 3.98. The summed E-state index contributed by atoms with van der Waals surface area (Å²) in [5.41, 5.74) is 2.43. The molecule has 1 amide bonds. The standard InChI is InChI=1S/C23H24ClN3O3/c1-30-21-8-6-16(24)14-17(21)20(28)7-9-22(29)27-12-10-15(11-13-27)23-25-18-4-2-3-5-19(18)26-23/h2-6,8,14-15H,7,9-13H2,1H3,(H,25,26). The van der Waals surface area contributed by atoms with Gasteiger partial charge < -0.3 is 14.6 Å². The molecule has 2 aromatic carbocycles. The van der Waals surface area contributed by atoms with Gasteiger partial charge in [-0.15, -0.1) is 0 Å². The molecule has 7 heteroatoms. The predicted octanol–water partition coefficient (Wildman–Crippen LogP) is 4.59. The molecule has 0 spiro atoms. The maximum atomic E-state index is 12.6. The number of halogens is 1. The van der Waals surface area contributed by atoms with E-state index in [-0.39, 0.29) is 24.5 Å². The number of rotatable bonds is 6. The number of para-hydroxylation sites is 2. The number of aromatic nitrogens is 2. The summed E-state index contributed by atoms with van der Waals surface area (Å²) in [5.74, 6) is 1.65. The average molecular weight is 426 g/mol. The van der Waals surface area contributed by atoms with Gasteiger partial charge in [0.05, 0.1) is 23.7 Å². The molecule has 0 unspecified atom stereocenters. The molecule has 156 valence electrons. The Labute approximate surface area is 180 Å². The van der Waals surface area contributed by atoms with Crippen molar-refractivity contribution in [3.8, 4) is 5.75 Å². The lowest BCUT2D eigenvalue weighted by atomic mass is 9.95. The van der Waals surface area contributed by atoms with Gasteiger partial charge in [-0.1, -0.05) is 23.7 Å². The molecule has 30 heavy (non-hydrogen) atoms. The van der Waals surface area contributed by atoms with Crippen molar-refractivity contribution in [2.45, 2.75) is 31.6 Å². The van der Waals surface area contributed by atoms with E-state index in [0.717, 1.165) is 29.7 Å². The number of amides is 1. The SMILES string of the molecule is COc1ccc(Cl)cc1C(=O)CCC(=O)N1CCC(c2nc3ccccc3[nH]2)CC1. The van der Waals surface area contributed by atoms with E-state index in [1.807, 2.05) is 29.2 Å². The predicted molar refractivity (Wildman–Crippen MR) is 116 cm³/mol. The van der Waals surface area contributed by atoms with Gasteiger partial charge in [-0.3, -0.25) is 9.59 Å². The topological polar surface area (TPSA) is 75.3 Å². The Balaban J connectivity index is 1.31. The van der Waals surface area contributed by atoms with Crippen LogP contribution in [-0.2, 0) is 4.79 Å². The third kappa shape index (κ3) is 4.33. The van der Waals surface area contributed by atoms with Crippen LogP contribution in [0.4, 0.5) is 0 Å². The second-order valence-corrected chi connectivity index (χ2v) is 8.00. The number of nitrogens with zero attached hydrogens (tertiary/aromatic N) is 2. The van der Waals surface area contributed by atoms with Crippen LogP contribution in [0.2, 0.25) is 5.02 Å². The van der Waals surface area contributed by atoms with E-state index >= 15 is 0 Å². The lowest BCUT2D eigenvalue weighted by Gasteiger charge is -2.31. The molecule has 1 aliphatic rings. The van der Waals surface area contributed by atoms with Gasteiger partial charge in [0.15, 0.2) is 5.78 Å². The van der Waals surface area contributed by atoms with Gasteiger partial charge in [-0.25, -0.2) is 4.98 Å². The summed E-state index contributed by atoms with van der Waals surface area (Å²) in [6.07, 6.45) is 2.05. The summed E-state index contributed by atoms with van der Waals surface area (Å²) in [7, 11) is 1.51. The van der Waals surface area contributed by atoms with Crippen LogP contribution < -0.4 is 4.74 Å². The number of ether oxygens (including phenoxy) is 1. The van der Waals surface area contributed by atoms with Crippen molar-refractivity contribution in [1.82, 2.24) is 14.9 Å². The van der Waals surface area contributed by atoms with E-state index in [9.17, 15) is 9.59 Å². The first-order valence-electron chi connectivity index (χ1n) is 10.1. The Hall–Kier alpha value is -2.86. The number of H-pyrrole nitrogens is 1. The molecule has 3 aromatic rings. The van der Waals surface area contributed by atoms with Crippen molar-refractivity contribution in [1.29, 1.82) is 0 Å². The molecular weight excluding hydrogens is 402 g/mol. The zero-order valence-corrected chi connectivity index (χ0v) is 17.6. The molecule has 0 atom stereocenters. The number of methoxy groups -OCH3 is 1. The number of ketones is 1. The number of fused-ring (bicyclic) bond motifs is 1. The van der Waals surface area contributed by atoms with Gasteiger partial charge >= 0.3 is 0 Å². The highest BCUT2D eigenvalue weighted by Crippen LogP contribution is 2.28. The number of aromatic amines is 1. The zero-order chi connectivity index (χ0) is 21.1. The first-order chi connectivity index (χ1) is 14.5. The average Bonchev–Trinajstić information content (AvgIpc) is 3.21. The normalized spacial score (nSPS) is 14.8. The molecule has 1 fully saturated rings. The smallest absolute Gasteiger partial charge is 0.223 e. The molecule has 6 nitrogen and oxygen atoms in total. The van der Waals surface area contributed by atoms with Crippen molar-refractivity contribution >= 4 is 34.3 Å². The largest absolute Gasteiger partial charge is 0.496 e. The van der Waals surface area contributed by atoms with Crippen molar-refractivity contribution in [2.75, 3.05) is 20.2 Å². The second kappa shape index (κ2) is 8.88. The molecule has 1 aliphatic heterocycles. The minimum absolute atomic E-state index is 0.00685. The number of nitrogens with one attached hydrogen (secondary N) is 1. The van der Waals surface area contributed by atoms with E-state index in [1.54, 1.807) is 18.2 Å². The summed E-state index contributed by atoms with van der Waals surface area (Å²) in [5, 5.41) is 0.470. The van der Waals surface area contributed by atoms with Crippen molar-refractivity contribution in [3.05, 3.63) is 58.9 Å². The van der Waals surface area contributed by atoms with Crippen LogP contribution in [0.15, 0.2) is 42.5 Å². The lowest BCUT2D eigenvalue weighted by Crippen LogP contribution is -2.38. The first-order valence-corrected chi connectivity index (χ1v) is 10.5. The van der Waals surface area contributed by atoms with E-state index < -0.39 is 0 Å². The molecular formula is C23H24ClN3O3. The Bertz CT molecular complexity index is 1040. The highest BCUT2D eigenvalue weighted by atomic mass is 35.5. The van der Waals surface area contributed by atoms with Crippen LogP contribution in [0.1, 0.15) is 47.8 Å². The lowest BCUT2D eigenvalue weighted by molar-refractivity contribution is -0.132. The number of likely N-dealkylation sites (tertiary alicyclic amines) is 1. The fourth-order valence-corrected chi connectivity index (χ4v) is 4.15. The molecule has 0 saturated carbocycles. The summed E-state index contributed by atoms with van der Waals surface area (Å²) in [6, 6.07) is 12.9. The number of hydrogen-bond donors (Lipinski definition) is 1. The number of imidazole rings is 1. The van der Waals surface area contributed by atoms with E-state index in [4.69, 9.17) is 21.3 Å². The van der Waals surface area contributed by atoms with Gasteiger partial charge in [0.2, 0.25) is 5.91 Å². The monoisotopic (exact) mass is 425 g/mol. The van der Waals surface area contributed by atoms with Gasteiger partial charge in [0.1, 0.15) is 11.6 Å². The minimum atomic E-state index is -0.139. The number of Topliss-reactive ketones (excluding diaryl/α,β-unsaturated/α-hetero) is 1. The quantitative estimate of drug-likeness (QED) is 0.586. The molecule has 1 saturated heterocycles. The molecule has 1 aromatic heterocycles. The fraction of sp³-hybridized carbons (Fsp3) is 0.348. The minimum Gasteiger partial charge on any atom is -0.496 e. The molecule has 2 heterocycles. The summed E-state index contributed by atoms with van der Waals surface area (Å²) in [4.78, 5) is 35.1. The van der Waals surface area contributed by atoms with Crippen molar-refractivity contribution in [2.24, 2.45) is 0 Å². The highest BCUT2D eigenvalue weighted by Gasteiger charge is 2.26. The van der Waals surface area contributed by atoms with E-state index in [2.05, 4.69) is 4.98 Å². The van der Waals surface area contributed by atoms with Crippen LogP contribution in [0.3, 0.4) is 0 Å². The molecule has 1 N–H and O–H groups in total.